The number of methoxy groups -OCH3 is 2. The van der Waals surface area contributed by atoms with Crippen molar-refractivity contribution >= 4 is 0 Å². The molecule has 3 aliphatic carbocycles. The van der Waals surface area contributed by atoms with E-state index in [2.05, 4.69) is 24.3 Å². The van der Waals surface area contributed by atoms with Gasteiger partial charge in [-0.05, 0) is 24.7 Å². The molecular formula is C13H18O2. The molecule has 0 aliphatic heterocycles. The number of hydrogen-bond acceptors (Lipinski definition) is 2. The third kappa shape index (κ3) is 1.02. The highest BCUT2D eigenvalue weighted by Gasteiger charge is 2.62. The van der Waals surface area contributed by atoms with Crippen molar-refractivity contribution in [3.05, 3.63) is 24.3 Å². The summed E-state index contributed by atoms with van der Waals surface area (Å²) in [6.07, 6.45) is 11.6. The van der Waals surface area contributed by atoms with Crippen LogP contribution in [0.15, 0.2) is 24.3 Å². The van der Waals surface area contributed by atoms with Crippen molar-refractivity contribution in [2.24, 2.45) is 23.7 Å². The Hall–Kier alpha value is -0.600. The van der Waals surface area contributed by atoms with Crippen molar-refractivity contribution in [1.82, 2.24) is 0 Å². The monoisotopic (exact) mass is 206 g/mol. The number of hydrogen-bond donors (Lipinski definition) is 0. The zero-order valence-corrected chi connectivity index (χ0v) is 9.35. The summed E-state index contributed by atoms with van der Waals surface area (Å²) in [6.45, 7) is 0. The Morgan fingerprint density at radius 1 is 0.933 bits per heavy atom. The van der Waals surface area contributed by atoms with E-state index in [1.165, 1.54) is 12.8 Å². The Balaban J connectivity index is 1.99. The van der Waals surface area contributed by atoms with E-state index in [-0.39, 0.29) is 5.79 Å². The Labute approximate surface area is 90.9 Å². The molecule has 3 rings (SSSR count). The first-order valence-electron chi connectivity index (χ1n) is 5.77. The Morgan fingerprint density at radius 2 is 1.40 bits per heavy atom. The molecule has 15 heavy (non-hydrogen) atoms. The van der Waals surface area contributed by atoms with Crippen molar-refractivity contribution < 1.29 is 9.47 Å². The van der Waals surface area contributed by atoms with Gasteiger partial charge in [0.25, 0.3) is 0 Å². The van der Waals surface area contributed by atoms with Crippen molar-refractivity contribution in [3.63, 3.8) is 0 Å². The molecule has 0 radical (unpaired) electrons. The summed E-state index contributed by atoms with van der Waals surface area (Å²) < 4.78 is 11.4. The average molecular weight is 206 g/mol. The van der Waals surface area contributed by atoms with Gasteiger partial charge in [-0.3, -0.25) is 0 Å². The highest BCUT2D eigenvalue weighted by molar-refractivity contribution is 5.25. The summed E-state index contributed by atoms with van der Waals surface area (Å²) in [4.78, 5) is 0. The fraction of sp³-hybridized carbons (Fsp3) is 0.692. The lowest BCUT2D eigenvalue weighted by Gasteiger charge is -2.32. The lowest BCUT2D eigenvalue weighted by Crippen LogP contribution is -2.40. The van der Waals surface area contributed by atoms with E-state index < -0.39 is 0 Å². The first-order valence-corrected chi connectivity index (χ1v) is 5.77. The maximum Gasteiger partial charge on any atom is 0.180 e. The van der Waals surface area contributed by atoms with Gasteiger partial charge < -0.3 is 9.47 Å². The van der Waals surface area contributed by atoms with Crippen molar-refractivity contribution in [1.29, 1.82) is 0 Å². The molecular weight excluding hydrogens is 188 g/mol. The summed E-state index contributed by atoms with van der Waals surface area (Å²) in [5, 5.41) is 0. The predicted molar refractivity (Wildman–Crippen MR) is 58.2 cm³/mol. The van der Waals surface area contributed by atoms with E-state index in [9.17, 15) is 0 Å². The van der Waals surface area contributed by atoms with Crippen LogP contribution in [0.5, 0.6) is 0 Å². The minimum atomic E-state index is -0.360. The summed E-state index contributed by atoms with van der Waals surface area (Å²) in [5.74, 6) is 2.00. The molecule has 0 saturated heterocycles. The minimum Gasteiger partial charge on any atom is -0.352 e. The zero-order chi connectivity index (χ0) is 10.5. The van der Waals surface area contributed by atoms with E-state index in [4.69, 9.17) is 9.47 Å². The highest BCUT2D eigenvalue weighted by Crippen LogP contribution is 2.59. The molecule has 1 saturated carbocycles. The molecule has 2 nitrogen and oxygen atoms in total. The molecule has 0 spiro atoms. The second-order valence-corrected chi connectivity index (χ2v) is 4.84. The Kier molecular flexibility index (Phi) is 2.05. The van der Waals surface area contributed by atoms with Crippen LogP contribution in [0, 0.1) is 23.7 Å². The van der Waals surface area contributed by atoms with Crippen molar-refractivity contribution in [3.8, 4) is 0 Å². The van der Waals surface area contributed by atoms with E-state index >= 15 is 0 Å². The van der Waals surface area contributed by atoms with Gasteiger partial charge in [-0.2, -0.15) is 0 Å². The number of rotatable bonds is 2. The third-order valence-corrected chi connectivity index (χ3v) is 4.55. The van der Waals surface area contributed by atoms with Crippen LogP contribution in [0.2, 0.25) is 0 Å². The minimum absolute atomic E-state index is 0.360. The topological polar surface area (TPSA) is 18.5 Å². The fourth-order valence-electron chi connectivity index (χ4n) is 3.92. The number of allylic oxidation sites excluding steroid dienone is 2. The van der Waals surface area contributed by atoms with Gasteiger partial charge in [-0.25, -0.2) is 0 Å². The molecule has 0 N–H and O–H groups in total. The summed E-state index contributed by atoms with van der Waals surface area (Å²) in [7, 11) is 3.56. The fourth-order valence-corrected chi connectivity index (χ4v) is 3.92. The van der Waals surface area contributed by atoms with Crippen LogP contribution in [0.4, 0.5) is 0 Å². The van der Waals surface area contributed by atoms with E-state index in [1.807, 2.05) is 0 Å². The molecule has 0 heterocycles. The van der Waals surface area contributed by atoms with E-state index in [1.54, 1.807) is 14.2 Å². The molecule has 0 aromatic heterocycles. The molecule has 0 amide bonds. The van der Waals surface area contributed by atoms with E-state index in [0.29, 0.717) is 11.8 Å². The molecule has 1 fully saturated rings. The molecule has 4 atom stereocenters. The summed E-state index contributed by atoms with van der Waals surface area (Å²) >= 11 is 0. The van der Waals surface area contributed by atoms with Gasteiger partial charge in [-0.1, -0.05) is 24.3 Å². The van der Waals surface area contributed by atoms with Gasteiger partial charge in [0, 0.05) is 26.1 Å². The van der Waals surface area contributed by atoms with Gasteiger partial charge >= 0.3 is 0 Å². The van der Waals surface area contributed by atoms with Crippen molar-refractivity contribution in [2.75, 3.05) is 14.2 Å². The highest BCUT2D eigenvalue weighted by atomic mass is 16.7. The molecule has 0 aromatic carbocycles. The normalized spacial score (nSPS) is 44.7. The first kappa shape index (κ1) is 9.61. The molecule has 2 unspecified atom stereocenters. The summed E-state index contributed by atoms with van der Waals surface area (Å²) in [5.41, 5.74) is 0. The SMILES string of the molecule is COC1(OC)C2C=CC1[C@@H]1CC=CC[C@H]21. The molecule has 2 heteroatoms. The van der Waals surface area contributed by atoms with Crippen LogP contribution in [0.3, 0.4) is 0 Å². The smallest absolute Gasteiger partial charge is 0.180 e. The lowest BCUT2D eigenvalue weighted by molar-refractivity contribution is -0.234. The quantitative estimate of drug-likeness (QED) is 0.510. The molecule has 2 bridgehead atoms. The molecule has 82 valence electrons. The summed E-state index contributed by atoms with van der Waals surface area (Å²) in [6, 6.07) is 0. The maximum absolute atomic E-state index is 5.71. The van der Waals surface area contributed by atoms with E-state index in [0.717, 1.165) is 11.8 Å². The second-order valence-electron chi connectivity index (χ2n) is 4.84. The largest absolute Gasteiger partial charge is 0.352 e. The van der Waals surface area contributed by atoms with Gasteiger partial charge in [0.2, 0.25) is 0 Å². The zero-order valence-electron chi connectivity index (χ0n) is 9.35. The first-order chi connectivity index (χ1) is 7.33. The van der Waals surface area contributed by atoms with Crippen molar-refractivity contribution in [2.45, 2.75) is 18.6 Å². The van der Waals surface area contributed by atoms with Gasteiger partial charge in [-0.15, -0.1) is 0 Å². The van der Waals surface area contributed by atoms with Crippen LogP contribution in [0.25, 0.3) is 0 Å². The second kappa shape index (κ2) is 3.19. The van der Waals surface area contributed by atoms with Gasteiger partial charge in [0.15, 0.2) is 5.79 Å². The maximum atomic E-state index is 5.71. The number of fused-ring (bicyclic) bond motifs is 5. The number of ether oxygens (including phenoxy) is 2. The lowest BCUT2D eigenvalue weighted by atomic mass is 9.76. The Bertz CT molecular complexity index is 288. The van der Waals surface area contributed by atoms with Crippen LogP contribution < -0.4 is 0 Å². The third-order valence-electron chi connectivity index (χ3n) is 4.55. The van der Waals surface area contributed by atoms with Crippen LogP contribution in [-0.4, -0.2) is 20.0 Å². The van der Waals surface area contributed by atoms with Crippen LogP contribution in [-0.2, 0) is 9.47 Å². The van der Waals surface area contributed by atoms with Crippen LogP contribution in [0.1, 0.15) is 12.8 Å². The van der Waals surface area contributed by atoms with Crippen LogP contribution >= 0.6 is 0 Å². The molecule has 3 aliphatic rings. The molecule has 0 aromatic rings. The standard InChI is InChI=1S/C13H18O2/c1-14-13(15-2)11-7-8-12(13)10-6-4-3-5-9(10)11/h3-4,7-12H,5-6H2,1-2H3/t9-,10+,11?,12?. The van der Waals surface area contributed by atoms with Gasteiger partial charge in [0.1, 0.15) is 0 Å². The average Bonchev–Trinajstić information content (AvgIpc) is 2.80. The predicted octanol–water partition coefficient (Wildman–Crippen LogP) is 2.37. The van der Waals surface area contributed by atoms with Gasteiger partial charge in [0.05, 0.1) is 0 Å². The Morgan fingerprint density at radius 3 is 1.80 bits per heavy atom.